The Hall–Kier alpha value is -2.12. The number of nitrogens with one attached hydrogen (secondary N) is 1. The van der Waals surface area contributed by atoms with Crippen molar-refractivity contribution in [3.8, 4) is 11.3 Å². The molecule has 0 bridgehead atoms. The van der Waals surface area contributed by atoms with E-state index in [9.17, 15) is 4.79 Å². The van der Waals surface area contributed by atoms with Gasteiger partial charge in [0.2, 0.25) is 0 Å². The maximum absolute atomic E-state index is 12.0. The number of aryl methyl sites for hydroxylation is 1. The van der Waals surface area contributed by atoms with E-state index in [2.05, 4.69) is 33.1 Å². The summed E-state index contributed by atoms with van der Waals surface area (Å²) < 4.78 is 6.77. The van der Waals surface area contributed by atoms with Crippen LogP contribution in [-0.4, -0.2) is 12.1 Å². The van der Waals surface area contributed by atoms with E-state index in [1.165, 1.54) is 6.21 Å². The van der Waals surface area contributed by atoms with Gasteiger partial charge >= 0.3 is 0 Å². The van der Waals surface area contributed by atoms with E-state index in [1.807, 2.05) is 43.3 Å². The standard InChI is InChI=1S/C19H14ClIN2O2/c1-12-2-3-14(10-17(12)20)18-9-8-16(25-18)11-22-23-19(24)13-4-6-15(21)7-5-13/h2-11H,1H3,(H,23,24)/b22-11-. The zero-order valence-corrected chi connectivity index (χ0v) is 16.2. The van der Waals surface area contributed by atoms with Crippen molar-refractivity contribution in [3.05, 3.63) is 80.1 Å². The van der Waals surface area contributed by atoms with Crippen molar-refractivity contribution >= 4 is 46.3 Å². The molecule has 0 atom stereocenters. The average Bonchev–Trinajstić information content (AvgIpc) is 3.07. The Morgan fingerprint density at radius 2 is 1.92 bits per heavy atom. The van der Waals surface area contributed by atoms with Gasteiger partial charge in [0.15, 0.2) is 0 Å². The molecule has 6 heteroatoms. The molecule has 0 saturated heterocycles. The quantitative estimate of drug-likeness (QED) is 0.325. The fourth-order valence-corrected chi connectivity index (χ4v) is 2.68. The van der Waals surface area contributed by atoms with Crippen LogP contribution in [0.15, 0.2) is 64.1 Å². The van der Waals surface area contributed by atoms with Gasteiger partial charge < -0.3 is 4.42 Å². The van der Waals surface area contributed by atoms with E-state index in [0.29, 0.717) is 22.1 Å². The number of hydrogen-bond acceptors (Lipinski definition) is 3. The molecule has 0 radical (unpaired) electrons. The summed E-state index contributed by atoms with van der Waals surface area (Å²) in [4.78, 5) is 12.0. The second-order valence-corrected chi connectivity index (χ2v) is 7.02. The first-order valence-corrected chi connectivity index (χ1v) is 8.94. The molecule has 0 unspecified atom stereocenters. The first-order chi connectivity index (χ1) is 12.0. The molecule has 126 valence electrons. The van der Waals surface area contributed by atoms with E-state index in [-0.39, 0.29) is 5.91 Å². The number of amides is 1. The van der Waals surface area contributed by atoms with Crippen LogP contribution in [0, 0.1) is 10.5 Å². The van der Waals surface area contributed by atoms with Crippen LogP contribution in [0.2, 0.25) is 5.02 Å². The smallest absolute Gasteiger partial charge is 0.271 e. The minimum absolute atomic E-state index is 0.273. The summed E-state index contributed by atoms with van der Waals surface area (Å²) in [6, 6.07) is 16.6. The van der Waals surface area contributed by atoms with Crippen molar-refractivity contribution in [1.29, 1.82) is 0 Å². The summed E-state index contributed by atoms with van der Waals surface area (Å²) in [5.74, 6) is 0.951. The monoisotopic (exact) mass is 464 g/mol. The van der Waals surface area contributed by atoms with Gasteiger partial charge in [0, 0.05) is 19.7 Å². The summed E-state index contributed by atoms with van der Waals surface area (Å²) in [7, 11) is 0. The number of nitrogens with zero attached hydrogens (tertiary/aromatic N) is 1. The largest absolute Gasteiger partial charge is 0.455 e. The van der Waals surface area contributed by atoms with Crippen LogP contribution in [0.3, 0.4) is 0 Å². The summed E-state index contributed by atoms with van der Waals surface area (Å²) >= 11 is 8.33. The fraction of sp³-hybridized carbons (Fsp3) is 0.0526. The van der Waals surface area contributed by atoms with Gasteiger partial charge in [-0.05, 0) is 77.5 Å². The van der Waals surface area contributed by atoms with Gasteiger partial charge in [-0.1, -0.05) is 23.7 Å². The second kappa shape index (κ2) is 7.84. The van der Waals surface area contributed by atoms with Crippen LogP contribution < -0.4 is 5.43 Å². The lowest BCUT2D eigenvalue weighted by molar-refractivity contribution is 0.0955. The SMILES string of the molecule is Cc1ccc(-c2ccc(/C=N\NC(=O)c3ccc(I)cc3)o2)cc1Cl. The molecule has 0 aliphatic carbocycles. The molecular weight excluding hydrogens is 451 g/mol. The van der Waals surface area contributed by atoms with Crippen LogP contribution in [0.25, 0.3) is 11.3 Å². The van der Waals surface area contributed by atoms with E-state index in [4.69, 9.17) is 16.0 Å². The normalized spacial score (nSPS) is 11.0. The van der Waals surface area contributed by atoms with Crippen molar-refractivity contribution in [2.75, 3.05) is 0 Å². The lowest BCUT2D eigenvalue weighted by atomic mass is 10.1. The van der Waals surface area contributed by atoms with E-state index >= 15 is 0 Å². The second-order valence-electron chi connectivity index (χ2n) is 5.37. The third kappa shape index (κ3) is 4.49. The Morgan fingerprint density at radius 3 is 2.64 bits per heavy atom. The zero-order chi connectivity index (χ0) is 17.8. The summed E-state index contributed by atoms with van der Waals surface area (Å²) in [6.07, 6.45) is 1.46. The maximum atomic E-state index is 12.0. The summed E-state index contributed by atoms with van der Waals surface area (Å²) in [5, 5.41) is 4.62. The number of halogens is 2. The van der Waals surface area contributed by atoms with Crippen LogP contribution in [-0.2, 0) is 0 Å². The molecule has 3 aromatic rings. The lowest BCUT2D eigenvalue weighted by Crippen LogP contribution is -2.17. The van der Waals surface area contributed by atoms with Crippen molar-refractivity contribution in [2.45, 2.75) is 6.92 Å². The Bertz CT molecular complexity index is 933. The lowest BCUT2D eigenvalue weighted by Gasteiger charge is -2.01. The van der Waals surface area contributed by atoms with Crippen molar-refractivity contribution in [2.24, 2.45) is 5.10 Å². The fourth-order valence-electron chi connectivity index (χ4n) is 2.14. The highest BCUT2D eigenvalue weighted by Gasteiger charge is 2.06. The number of hydrazone groups is 1. The molecule has 0 spiro atoms. The van der Waals surface area contributed by atoms with E-state index < -0.39 is 0 Å². The average molecular weight is 465 g/mol. The number of carbonyl (C=O) groups excluding carboxylic acids is 1. The van der Waals surface area contributed by atoms with Gasteiger partial charge in [-0.15, -0.1) is 0 Å². The van der Waals surface area contributed by atoms with Crippen molar-refractivity contribution < 1.29 is 9.21 Å². The minimum atomic E-state index is -0.273. The molecule has 2 aromatic carbocycles. The molecule has 1 aromatic heterocycles. The Kier molecular flexibility index (Phi) is 5.55. The van der Waals surface area contributed by atoms with Crippen LogP contribution in [0.1, 0.15) is 21.7 Å². The number of furan rings is 1. The highest BCUT2D eigenvalue weighted by atomic mass is 127. The number of rotatable bonds is 4. The van der Waals surface area contributed by atoms with Crippen LogP contribution in [0.5, 0.6) is 0 Å². The van der Waals surface area contributed by atoms with E-state index in [1.54, 1.807) is 18.2 Å². The number of carbonyl (C=O) groups is 1. The highest BCUT2D eigenvalue weighted by Crippen LogP contribution is 2.26. The third-order valence-corrected chi connectivity index (χ3v) is 4.67. The molecule has 1 heterocycles. The number of hydrogen-bond donors (Lipinski definition) is 1. The Morgan fingerprint density at radius 1 is 1.16 bits per heavy atom. The van der Waals surface area contributed by atoms with Crippen molar-refractivity contribution in [3.63, 3.8) is 0 Å². The molecule has 0 saturated carbocycles. The van der Waals surface area contributed by atoms with Crippen molar-refractivity contribution in [1.82, 2.24) is 5.43 Å². The molecule has 0 aliphatic rings. The predicted molar refractivity (Wildman–Crippen MR) is 108 cm³/mol. The Labute approximate surface area is 164 Å². The molecule has 3 rings (SSSR count). The van der Waals surface area contributed by atoms with Gasteiger partial charge in [0.05, 0.1) is 6.21 Å². The zero-order valence-electron chi connectivity index (χ0n) is 13.3. The van der Waals surface area contributed by atoms with Gasteiger partial charge in [-0.3, -0.25) is 4.79 Å². The van der Waals surface area contributed by atoms with Gasteiger partial charge in [0.25, 0.3) is 5.91 Å². The van der Waals surface area contributed by atoms with Crippen LogP contribution >= 0.6 is 34.2 Å². The van der Waals surface area contributed by atoms with Gasteiger partial charge in [0.1, 0.15) is 11.5 Å². The first-order valence-electron chi connectivity index (χ1n) is 7.48. The molecule has 4 nitrogen and oxygen atoms in total. The maximum Gasteiger partial charge on any atom is 0.271 e. The molecule has 1 amide bonds. The molecule has 25 heavy (non-hydrogen) atoms. The predicted octanol–water partition coefficient (Wildman–Crippen LogP) is 5.28. The molecule has 0 fully saturated rings. The number of benzene rings is 2. The Balaban J connectivity index is 1.66. The van der Waals surface area contributed by atoms with Gasteiger partial charge in [-0.2, -0.15) is 5.10 Å². The topological polar surface area (TPSA) is 54.6 Å². The molecule has 0 aliphatic heterocycles. The minimum Gasteiger partial charge on any atom is -0.455 e. The van der Waals surface area contributed by atoms with E-state index in [0.717, 1.165) is 14.7 Å². The highest BCUT2D eigenvalue weighted by molar-refractivity contribution is 14.1. The summed E-state index contributed by atoms with van der Waals surface area (Å²) in [6.45, 7) is 1.95. The molecular formula is C19H14ClIN2O2. The third-order valence-electron chi connectivity index (χ3n) is 3.55. The molecule has 1 N–H and O–H groups in total. The van der Waals surface area contributed by atoms with Gasteiger partial charge in [-0.25, -0.2) is 5.43 Å². The first kappa shape index (κ1) is 17.7. The summed E-state index contributed by atoms with van der Waals surface area (Å²) in [5.41, 5.74) is 4.93. The van der Waals surface area contributed by atoms with Crippen LogP contribution in [0.4, 0.5) is 0 Å².